The Morgan fingerprint density at radius 2 is 2.04 bits per heavy atom. The summed E-state index contributed by atoms with van der Waals surface area (Å²) in [7, 11) is -3.14. The molecule has 0 saturated carbocycles. The fraction of sp³-hybridized carbons (Fsp3) is 0.400. The number of nitro groups is 1. The molecule has 26 heavy (non-hydrogen) atoms. The highest BCUT2D eigenvalue weighted by atomic mass is 32.2. The van der Waals surface area contributed by atoms with Crippen LogP contribution in [0.25, 0.3) is 0 Å². The van der Waals surface area contributed by atoms with Crippen molar-refractivity contribution in [3.63, 3.8) is 0 Å². The van der Waals surface area contributed by atoms with E-state index in [1.54, 1.807) is 0 Å². The van der Waals surface area contributed by atoms with E-state index in [1.165, 1.54) is 12.1 Å². The maximum absolute atomic E-state index is 12.4. The highest BCUT2D eigenvalue weighted by molar-refractivity contribution is 7.91. The number of carbonyl (C=O) groups is 3. The summed E-state index contributed by atoms with van der Waals surface area (Å²) in [5.41, 5.74) is -0.791. The predicted molar refractivity (Wildman–Crippen MR) is 88.3 cm³/mol. The van der Waals surface area contributed by atoms with E-state index in [2.05, 4.69) is 5.32 Å². The Hall–Kier alpha value is -2.82. The second-order valence-corrected chi connectivity index (χ2v) is 8.36. The number of sulfone groups is 1. The van der Waals surface area contributed by atoms with Crippen molar-refractivity contribution in [2.24, 2.45) is 0 Å². The molecule has 0 radical (unpaired) electrons. The molecule has 1 fully saturated rings. The molecule has 1 atom stereocenters. The SMILES string of the molecule is O=C(CCN1C(=O)c2cccc([N+](=O)[O-])c2C1=O)N[C@H]1CCS(=O)(=O)C1. The van der Waals surface area contributed by atoms with Crippen molar-refractivity contribution < 1.29 is 27.7 Å². The average Bonchev–Trinajstić information content (AvgIpc) is 3.03. The third-order valence-corrected chi connectivity index (χ3v) is 6.10. The Morgan fingerprint density at radius 3 is 2.65 bits per heavy atom. The zero-order chi connectivity index (χ0) is 19.1. The van der Waals surface area contributed by atoms with Crippen LogP contribution < -0.4 is 5.32 Å². The van der Waals surface area contributed by atoms with Gasteiger partial charge in [0.15, 0.2) is 9.84 Å². The minimum absolute atomic E-state index is 0.0139. The van der Waals surface area contributed by atoms with E-state index in [9.17, 15) is 32.9 Å². The number of benzene rings is 1. The van der Waals surface area contributed by atoms with Crippen LogP contribution in [0.2, 0.25) is 0 Å². The van der Waals surface area contributed by atoms with Gasteiger partial charge in [0, 0.05) is 25.1 Å². The van der Waals surface area contributed by atoms with E-state index < -0.39 is 44.2 Å². The molecule has 138 valence electrons. The van der Waals surface area contributed by atoms with Crippen molar-refractivity contribution >= 4 is 33.2 Å². The van der Waals surface area contributed by atoms with E-state index >= 15 is 0 Å². The number of imide groups is 1. The largest absolute Gasteiger partial charge is 0.352 e. The summed E-state index contributed by atoms with van der Waals surface area (Å²) in [6.45, 7) is -0.241. The summed E-state index contributed by atoms with van der Waals surface area (Å²) >= 11 is 0. The van der Waals surface area contributed by atoms with Crippen LogP contribution in [0.3, 0.4) is 0 Å². The van der Waals surface area contributed by atoms with Crippen LogP contribution >= 0.6 is 0 Å². The second kappa shape index (κ2) is 6.48. The van der Waals surface area contributed by atoms with Gasteiger partial charge in [-0.15, -0.1) is 0 Å². The van der Waals surface area contributed by atoms with Crippen LogP contribution in [0.15, 0.2) is 18.2 Å². The van der Waals surface area contributed by atoms with Crippen molar-refractivity contribution in [1.29, 1.82) is 0 Å². The van der Waals surface area contributed by atoms with Crippen molar-refractivity contribution in [2.45, 2.75) is 18.9 Å². The number of fused-ring (bicyclic) bond motifs is 1. The molecule has 2 aliphatic rings. The summed E-state index contributed by atoms with van der Waals surface area (Å²) in [5, 5.41) is 13.6. The summed E-state index contributed by atoms with van der Waals surface area (Å²) in [6, 6.07) is 3.31. The van der Waals surface area contributed by atoms with Crippen LogP contribution in [-0.2, 0) is 14.6 Å². The lowest BCUT2D eigenvalue weighted by Gasteiger charge is -2.15. The van der Waals surface area contributed by atoms with Gasteiger partial charge in [0.05, 0.1) is 22.0 Å². The van der Waals surface area contributed by atoms with Crippen LogP contribution in [0.5, 0.6) is 0 Å². The number of nitrogens with one attached hydrogen (secondary N) is 1. The van der Waals surface area contributed by atoms with Crippen LogP contribution in [0, 0.1) is 10.1 Å². The second-order valence-electron chi connectivity index (χ2n) is 6.14. The van der Waals surface area contributed by atoms with Gasteiger partial charge in [-0.3, -0.25) is 29.4 Å². The number of amides is 3. The van der Waals surface area contributed by atoms with Gasteiger partial charge in [-0.05, 0) is 12.5 Å². The molecule has 0 bridgehead atoms. The van der Waals surface area contributed by atoms with E-state index in [-0.39, 0.29) is 35.6 Å². The minimum Gasteiger partial charge on any atom is -0.352 e. The fourth-order valence-corrected chi connectivity index (χ4v) is 4.77. The first-order chi connectivity index (χ1) is 12.2. The predicted octanol–water partition coefficient (Wildman–Crippen LogP) is -0.116. The molecule has 1 aromatic carbocycles. The molecule has 3 rings (SSSR count). The Bertz CT molecular complexity index is 925. The maximum atomic E-state index is 12.4. The van der Waals surface area contributed by atoms with Crippen LogP contribution in [0.1, 0.15) is 33.6 Å². The molecule has 11 heteroatoms. The Morgan fingerprint density at radius 1 is 1.31 bits per heavy atom. The van der Waals surface area contributed by atoms with Gasteiger partial charge >= 0.3 is 0 Å². The molecule has 1 saturated heterocycles. The Labute approximate surface area is 148 Å². The quantitative estimate of drug-likeness (QED) is 0.425. The number of hydrogen-bond donors (Lipinski definition) is 1. The van der Waals surface area contributed by atoms with Crippen molar-refractivity contribution in [2.75, 3.05) is 18.1 Å². The molecule has 0 aromatic heterocycles. The highest BCUT2D eigenvalue weighted by Crippen LogP contribution is 2.30. The summed E-state index contributed by atoms with van der Waals surface area (Å²) in [6.07, 6.45) is 0.114. The number of nitro benzene ring substituents is 1. The van der Waals surface area contributed by atoms with E-state index in [0.717, 1.165) is 11.0 Å². The summed E-state index contributed by atoms with van der Waals surface area (Å²) in [4.78, 5) is 47.7. The first-order valence-corrected chi connectivity index (χ1v) is 9.65. The average molecular weight is 381 g/mol. The molecule has 2 heterocycles. The molecule has 1 aromatic rings. The van der Waals surface area contributed by atoms with Crippen molar-refractivity contribution in [3.05, 3.63) is 39.4 Å². The van der Waals surface area contributed by atoms with Gasteiger partial charge in [0.2, 0.25) is 5.91 Å². The normalized spacial score (nSPS) is 20.9. The topological polar surface area (TPSA) is 144 Å². The summed E-state index contributed by atoms with van der Waals surface area (Å²) < 4.78 is 22.8. The van der Waals surface area contributed by atoms with Crippen LogP contribution in [0.4, 0.5) is 5.69 Å². The molecular formula is C15H15N3O7S. The monoisotopic (exact) mass is 381 g/mol. The third kappa shape index (κ3) is 3.29. The fourth-order valence-electron chi connectivity index (χ4n) is 3.09. The molecule has 3 amide bonds. The number of carbonyl (C=O) groups excluding carboxylic acids is 3. The number of rotatable bonds is 5. The lowest BCUT2D eigenvalue weighted by molar-refractivity contribution is -0.385. The van der Waals surface area contributed by atoms with E-state index in [0.29, 0.717) is 6.42 Å². The third-order valence-electron chi connectivity index (χ3n) is 4.33. The van der Waals surface area contributed by atoms with E-state index in [1.807, 2.05) is 0 Å². The molecule has 0 unspecified atom stereocenters. The molecule has 10 nitrogen and oxygen atoms in total. The Kier molecular flexibility index (Phi) is 4.48. The number of nitrogens with zero attached hydrogens (tertiary/aromatic N) is 2. The molecule has 0 aliphatic carbocycles. The minimum atomic E-state index is -3.14. The highest BCUT2D eigenvalue weighted by Gasteiger charge is 2.41. The lowest BCUT2D eigenvalue weighted by atomic mass is 10.1. The first kappa shape index (κ1) is 18.0. The zero-order valence-electron chi connectivity index (χ0n) is 13.5. The van der Waals surface area contributed by atoms with Crippen LogP contribution in [-0.4, -0.2) is 60.1 Å². The van der Waals surface area contributed by atoms with Gasteiger partial charge in [0.25, 0.3) is 17.5 Å². The maximum Gasteiger partial charge on any atom is 0.282 e. The summed E-state index contributed by atoms with van der Waals surface area (Å²) in [5.74, 6) is -2.10. The van der Waals surface area contributed by atoms with Gasteiger partial charge in [-0.1, -0.05) is 6.07 Å². The van der Waals surface area contributed by atoms with Gasteiger partial charge < -0.3 is 5.32 Å². The Balaban J connectivity index is 1.65. The lowest BCUT2D eigenvalue weighted by Crippen LogP contribution is -2.39. The first-order valence-electron chi connectivity index (χ1n) is 7.83. The van der Waals surface area contributed by atoms with E-state index in [4.69, 9.17) is 0 Å². The van der Waals surface area contributed by atoms with Crippen molar-refractivity contribution in [3.8, 4) is 0 Å². The molecule has 2 aliphatic heterocycles. The molecule has 0 spiro atoms. The van der Waals surface area contributed by atoms with Crippen molar-refractivity contribution in [1.82, 2.24) is 10.2 Å². The molecule has 1 N–H and O–H groups in total. The van der Waals surface area contributed by atoms with Gasteiger partial charge in [0.1, 0.15) is 5.56 Å². The zero-order valence-corrected chi connectivity index (χ0v) is 14.3. The standard InChI is InChI=1S/C15H15N3O7S/c19-12(16-9-5-7-26(24,25)8-9)4-6-17-14(20)10-2-1-3-11(18(22)23)13(10)15(17)21/h1-3,9H,4-8H2,(H,16,19)/t9-/m0/s1. The smallest absolute Gasteiger partial charge is 0.282 e. The number of hydrogen-bond acceptors (Lipinski definition) is 7. The van der Waals surface area contributed by atoms with Gasteiger partial charge in [-0.25, -0.2) is 8.42 Å². The molecular weight excluding hydrogens is 366 g/mol. The van der Waals surface area contributed by atoms with Gasteiger partial charge in [-0.2, -0.15) is 0 Å².